The molecule has 34 heavy (non-hydrogen) atoms. The number of nitrogens with one attached hydrogen (secondary N) is 1. The van der Waals surface area contributed by atoms with Gasteiger partial charge in [0.25, 0.3) is 5.91 Å². The average molecular weight is 463 g/mol. The molecule has 0 saturated heterocycles. The van der Waals surface area contributed by atoms with Crippen LogP contribution in [0.5, 0.6) is 0 Å². The Morgan fingerprint density at radius 2 is 1.68 bits per heavy atom. The molecule has 1 atom stereocenters. The number of hydrogen-bond donors (Lipinski definition) is 1. The van der Waals surface area contributed by atoms with Crippen molar-refractivity contribution in [1.82, 2.24) is 20.0 Å². The largest absolute Gasteiger partial charge is 0.351 e. The van der Waals surface area contributed by atoms with Crippen LogP contribution in [0.15, 0.2) is 30.3 Å². The first-order valence-electron chi connectivity index (χ1n) is 13.3. The number of aryl methyl sites for hydroxylation is 1. The second kappa shape index (κ2) is 9.55. The standard InChI is InChI=1S/C28H38N4O2/c1-3-20-14-16-21(17-15-20)24-18-25-26(33)32(23-12-8-9-13-23)28(2,19-31(25)30-24)27(34)29-22-10-6-4-5-7-11-22/h14-18,22-23H,3-13,19H2,1-2H3,(H,29,34)/t28-/m1/s1. The maximum atomic E-state index is 13.9. The predicted molar refractivity (Wildman–Crippen MR) is 134 cm³/mol. The number of hydrogen-bond acceptors (Lipinski definition) is 3. The van der Waals surface area contributed by atoms with Crippen LogP contribution in [0.25, 0.3) is 11.3 Å². The van der Waals surface area contributed by atoms with E-state index >= 15 is 0 Å². The Morgan fingerprint density at radius 1 is 1.03 bits per heavy atom. The summed E-state index contributed by atoms with van der Waals surface area (Å²) in [4.78, 5) is 29.6. The third-order valence-corrected chi connectivity index (χ3v) is 8.23. The molecule has 1 aliphatic heterocycles. The van der Waals surface area contributed by atoms with Crippen molar-refractivity contribution in [2.75, 3.05) is 0 Å². The number of aromatic nitrogens is 2. The van der Waals surface area contributed by atoms with Crippen LogP contribution in [0, 0.1) is 0 Å². The lowest BCUT2D eigenvalue weighted by atomic mass is 9.91. The smallest absolute Gasteiger partial charge is 0.273 e. The zero-order valence-corrected chi connectivity index (χ0v) is 20.7. The molecule has 182 valence electrons. The van der Waals surface area contributed by atoms with Crippen LogP contribution < -0.4 is 5.32 Å². The third-order valence-electron chi connectivity index (χ3n) is 8.23. The molecule has 2 heterocycles. The van der Waals surface area contributed by atoms with Crippen molar-refractivity contribution >= 4 is 11.8 Å². The van der Waals surface area contributed by atoms with Crippen LogP contribution in [0.2, 0.25) is 0 Å². The summed E-state index contributed by atoms with van der Waals surface area (Å²) in [5.74, 6) is -0.0738. The number of benzene rings is 1. The topological polar surface area (TPSA) is 67.2 Å². The molecule has 6 nitrogen and oxygen atoms in total. The maximum Gasteiger partial charge on any atom is 0.273 e. The molecule has 1 N–H and O–H groups in total. The molecule has 2 saturated carbocycles. The molecule has 0 unspecified atom stereocenters. The first-order chi connectivity index (χ1) is 16.5. The quantitative estimate of drug-likeness (QED) is 0.628. The molecule has 6 heteroatoms. The van der Waals surface area contributed by atoms with E-state index in [1.165, 1.54) is 18.4 Å². The molecule has 0 radical (unpaired) electrons. The van der Waals surface area contributed by atoms with Gasteiger partial charge in [0.05, 0.1) is 12.2 Å². The van der Waals surface area contributed by atoms with Crippen molar-refractivity contribution in [3.8, 4) is 11.3 Å². The normalized spacial score (nSPS) is 24.2. The summed E-state index contributed by atoms with van der Waals surface area (Å²) in [6, 6.07) is 10.6. The molecule has 0 spiro atoms. The number of carbonyl (C=O) groups excluding carboxylic acids is 2. The summed E-state index contributed by atoms with van der Waals surface area (Å²) < 4.78 is 1.78. The maximum absolute atomic E-state index is 13.9. The highest BCUT2D eigenvalue weighted by molar-refractivity contribution is 6.00. The number of nitrogens with zero attached hydrogens (tertiary/aromatic N) is 3. The van der Waals surface area contributed by atoms with Crippen molar-refractivity contribution < 1.29 is 9.59 Å². The van der Waals surface area contributed by atoms with E-state index in [4.69, 9.17) is 5.10 Å². The van der Waals surface area contributed by atoms with Crippen molar-refractivity contribution in [3.63, 3.8) is 0 Å². The van der Waals surface area contributed by atoms with Gasteiger partial charge in [-0.05, 0) is 50.7 Å². The lowest BCUT2D eigenvalue weighted by Gasteiger charge is -2.46. The van der Waals surface area contributed by atoms with Gasteiger partial charge < -0.3 is 10.2 Å². The van der Waals surface area contributed by atoms with Crippen LogP contribution in [0.3, 0.4) is 0 Å². The van der Waals surface area contributed by atoms with E-state index in [1.54, 1.807) is 4.68 Å². The van der Waals surface area contributed by atoms with Crippen molar-refractivity contribution in [1.29, 1.82) is 0 Å². The van der Waals surface area contributed by atoms with E-state index in [0.29, 0.717) is 12.2 Å². The summed E-state index contributed by atoms with van der Waals surface area (Å²) >= 11 is 0. The second-order valence-electron chi connectivity index (χ2n) is 10.7. The molecule has 5 rings (SSSR count). The lowest BCUT2D eigenvalue weighted by Crippen LogP contribution is -2.67. The van der Waals surface area contributed by atoms with Crippen molar-refractivity contribution in [2.24, 2.45) is 0 Å². The van der Waals surface area contributed by atoms with Gasteiger partial charge in [-0.1, -0.05) is 69.7 Å². The van der Waals surface area contributed by atoms with E-state index in [0.717, 1.165) is 69.0 Å². The van der Waals surface area contributed by atoms with Crippen LogP contribution in [0.4, 0.5) is 0 Å². The third kappa shape index (κ3) is 4.27. The highest BCUT2D eigenvalue weighted by atomic mass is 16.2. The van der Waals surface area contributed by atoms with Gasteiger partial charge in [-0.25, -0.2) is 0 Å². The fourth-order valence-electron chi connectivity index (χ4n) is 6.15. The minimum atomic E-state index is -0.930. The van der Waals surface area contributed by atoms with Crippen LogP contribution >= 0.6 is 0 Å². The molecular formula is C28H38N4O2. The molecule has 0 bridgehead atoms. The summed E-state index contributed by atoms with van der Waals surface area (Å²) in [7, 11) is 0. The van der Waals surface area contributed by atoms with Gasteiger partial charge in [0.1, 0.15) is 11.2 Å². The zero-order chi connectivity index (χ0) is 23.7. The van der Waals surface area contributed by atoms with Gasteiger partial charge in [-0.15, -0.1) is 0 Å². The summed E-state index contributed by atoms with van der Waals surface area (Å²) in [5, 5.41) is 8.17. The molecular weight excluding hydrogens is 424 g/mol. The molecule has 3 aliphatic rings. The van der Waals surface area contributed by atoms with E-state index in [-0.39, 0.29) is 23.9 Å². The highest BCUT2D eigenvalue weighted by Crippen LogP contribution is 2.36. The van der Waals surface area contributed by atoms with Gasteiger partial charge in [0.2, 0.25) is 5.91 Å². The highest BCUT2D eigenvalue weighted by Gasteiger charge is 2.51. The molecule has 1 aromatic heterocycles. The van der Waals surface area contributed by atoms with E-state index in [1.807, 2.05) is 17.9 Å². The van der Waals surface area contributed by atoms with Crippen LogP contribution in [-0.4, -0.2) is 44.1 Å². The van der Waals surface area contributed by atoms with Gasteiger partial charge in [-0.2, -0.15) is 5.10 Å². The Kier molecular flexibility index (Phi) is 6.50. The number of rotatable bonds is 5. The SMILES string of the molecule is CCc1ccc(-c2cc3n(n2)C[C@](C)(C(=O)NC2CCCCCC2)N(C2CCCC2)C3=O)cc1. The molecule has 2 fully saturated rings. The van der Waals surface area contributed by atoms with Crippen LogP contribution in [0.1, 0.15) is 94.1 Å². The Hall–Kier alpha value is -2.63. The predicted octanol–water partition coefficient (Wildman–Crippen LogP) is 5.11. The monoisotopic (exact) mass is 462 g/mol. The summed E-state index contributed by atoms with van der Waals surface area (Å²) in [6.07, 6.45) is 12.0. The van der Waals surface area contributed by atoms with E-state index < -0.39 is 5.54 Å². The summed E-state index contributed by atoms with van der Waals surface area (Å²) in [5.41, 5.74) is 2.75. The van der Waals surface area contributed by atoms with Gasteiger partial charge in [-0.3, -0.25) is 14.3 Å². The van der Waals surface area contributed by atoms with Crippen molar-refractivity contribution in [3.05, 3.63) is 41.6 Å². The number of fused-ring (bicyclic) bond motifs is 1. The molecule has 2 aromatic rings. The minimum absolute atomic E-state index is 0.0188. The summed E-state index contributed by atoms with van der Waals surface area (Å²) in [6.45, 7) is 4.49. The minimum Gasteiger partial charge on any atom is -0.351 e. The second-order valence-corrected chi connectivity index (χ2v) is 10.7. The van der Waals surface area contributed by atoms with Gasteiger partial charge in [0, 0.05) is 17.6 Å². The number of carbonyl (C=O) groups is 2. The van der Waals surface area contributed by atoms with Crippen molar-refractivity contribution in [2.45, 2.75) is 109 Å². The van der Waals surface area contributed by atoms with Gasteiger partial charge in [0.15, 0.2) is 0 Å². The van der Waals surface area contributed by atoms with E-state index in [9.17, 15) is 9.59 Å². The lowest BCUT2D eigenvalue weighted by molar-refractivity contribution is -0.135. The fraction of sp³-hybridized carbons (Fsp3) is 0.607. The average Bonchev–Trinajstić information content (AvgIpc) is 3.44. The Labute approximate surface area is 203 Å². The van der Waals surface area contributed by atoms with Crippen LogP contribution in [-0.2, 0) is 17.8 Å². The Balaban J connectivity index is 1.47. The first-order valence-corrected chi connectivity index (χ1v) is 13.3. The zero-order valence-electron chi connectivity index (χ0n) is 20.7. The first kappa shape index (κ1) is 23.1. The molecule has 2 amide bonds. The van der Waals surface area contributed by atoms with E-state index in [2.05, 4.69) is 36.5 Å². The fourth-order valence-corrected chi connectivity index (χ4v) is 6.15. The van der Waals surface area contributed by atoms with Gasteiger partial charge >= 0.3 is 0 Å². The Morgan fingerprint density at radius 3 is 2.32 bits per heavy atom. The molecule has 2 aliphatic carbocycles. The molecule has 1 aromatic carbocycles. The number of amides is 2. The Bertz CT molecular complexity index is 1030.